The Morgan fingerprint density at radius 3 is 1.72 bits per heavy atom. The number of benzene rings is 1. The summed E-state index contributed by atoms with van der Waals surface area (Å²) in [4.78, 5) is 21.4. The summed E-state index contributed by atoms with van der Waals surface area (Å²) in [5.41, 5.74) is 7.26. The van der Waals surface area contributed by atoms with Crippen molar-refractivity contribution >= 4 is 28.7 Å². The minimum Gasteiger partial charge on any atom is -0.398 e. The second kappa shape index (κ2) is 11.5. The number of ketones is 2. The van der Waals surface area contributed by atoms with Gasteiger partial charge >= 0.3 is 0 Å². The zero-order valence-corrected chi connectivity index (χ0v) is 18.5. The summed E-state index contributed by atoms with van der Waals surface area (Å²) < 4.78 is 27.5. The Labute approximate surface area is 176 Å². The number of alkyl halides is 2. The van der Waals surface area contributed by atoms with E-state index in [0.29, 0.717) is 21.7 Å². The molecule has 0 amide bonds. The van der Waals surface area contributed by atoms with Crippen molar-refractivity contribution in [2.24, 2.45) is 5.73 Å². The molecule has 158 valence electrons. The van der Waals surface area contributed by atoms with Crippen LogP contribution in [0.5, 0.6) is 0 Å². The van der Waals surface area contributed by atoms with E-state index >= 15 is 0 Å². The van der Waals surface area contributed by atoms with E-state index in [-0.39, 0.29) is 28.4 Å². The molecule has 0 aliphatic carbocycles. The molecule has 0 aliphatic rings. The van der Waals surface area contributed by atoms with Crippen LogP contribution >= 0.6 is 11.6 Å². The number of hydrogen-bond donors (Lipinski definition) is 1. The Hall–Kier alpha value is -2.53. The predicted molar refractivity (Wildman–Crippen MR) is 117 cm³/mol. The third-order valence-corrected chi connectivity index (χ3v) is 4.23. The molecule has 0 unspecified atom stereocenters. The van der Waals surface area contributed by atoms with E-state index in [2.05, 4.69) is 6.58 Å². The van der Waals surface area contributed by atoms with Gasteiger partial charge in [0, 0.05) is 17.7 Å². The SMILES string of the molecule is C=C(/C(=C(N)\C=C(/C)Cl)C(C)(F)F)c1ccccc1.CC(=O)/C(C)=C(/C)C(C)=O. The first-order valence-electron chi connectivity index (χ1n) is 8.86. The third-order valence-electron chi connectivity index (χ3n) is 4.12. The summed E-state index contributed by atoms with van der Waals surface area (Å²) in [5.74, 6) is -3.17. The Kier molecular flexibility index (Phi) is 10.5. The van der Waals surface area contributed by atoms with E-state index in [0.717, 1.165) is 6.92 Å². The van der Waals surface area contributed by atoms with Gasteiger partial charge in [0.1, 0.15) is 0 Å². The van der Waals surface area contributed by atoms with Crippen molar-refractivity contribution in [1.82, 2.24) is 0 Å². The fourth-order valence-corrected chi connectivity index (χ4v) is 2.41. The molecule has 2 N–H and O–H groups in total. The molecule has 0 aliphatic heterocycles. The third kappa shape index (κ3) is 9.01. The predicted octanol–water partition coefficient (Wildman–Crippen LogP) is 6.21. The van der Waals surface area contributed by atoms with Crippen molar-refractivity contribution in [2.75, 3.05) is 0 Å². The molecule has 29 heavy (non-hydrogen) atoms. The van der Waals surface area contributed by atoms with Crippen LogP contribution in [0.15, 0.2) is 70.4 Å². The molecule has 0 heterocycles. The van der Waals surface area contributed by atoms with Gasteiger partial charge in [-0.2, -0.15) is 0 Å². The highest BCUT2D eigenvalue weighted by Gasteiger charge is 2.32. The topological polar surface area (TPSA) is 60.2 Å². The van der Waals surface area contributed by atoms with Crippen LogP contribution in [0.25, 0.3) is 5.57 Å². The molecule has 0 aromatic heterocycles. The van der Waals surface area contributed by atoms with Gasteiger partial charge in [0.05, 0.1) is 5.57 Å². The fourth-order valence-electron chi connectivity index (χ4n) is 2.29. The molecule has 1 aromatic carbocycles. The molecule has 6 heteroatoms. The molecule has 0 saturated carbocycles. The summed E-state index contributed by atoms with van der Waals surface area (Å²) in [6, 6.07) is 8.73. The van der Waals surface area contributed by atoms with Gasteiger partial charge in [0.2, 0.25) is 0 Å². The first-order valence-corrected chi connectivity index (χ1v) is 9.23. The second-order valence-corrected chi connectivity index (χ2v) is 7.25. The van der Waals surface area contributed by atoms with E-state index in [9.17, 15) is 18.4 Å². The highest BCUT2D eigenvalue weighted by atomic mass is 35.5. The number of carbonyl (C=O) groups is 2. The molecular weight excluding hydrogens is 396 g/mol. The van der Waals surface area contributed by atoms with Crippen LogP contribution < -0.4 is 5.73 Å². The number of nitrogens with two attached hydrogens (primary N) is 1. The molecule has 0 spiro atoms. The number of halogens is 3. The molecule has 0 atom stereocenters. The lowest BCUT2D eigenvalue weighted by molar-refractivity contribution is -0.116. The van der Waals surface area contributed by atoms with Crippen molar-refractivity contribution in [2.45, 2.75) is 47.5 Å². The molecule has 1 rings (SSSR count). The summed E-state index contributed by atoms with van der Waals surface area (Å²) in [7, 11) is 0. The van der Waals surface area contributed by atoms with Crippen molar-refractivity contribution in [3.05, 3.63) is 76.0 Å². The van der Waals surface area contributed by atoms with Gasteiger partial charge < -0.3 is 5.73 Å². The Balaban J connectivity index is 0.000000665. The van der Waals surface area contributed by atoms with E-state index in [1.807, 2.05) is 0 Å². The van der Waals surface area contributed by atoms with Crippen LogP contribution in [0.3, 0.4) is 0 Å². The van der Waals surface area contributed by atoms with Gasteiger partial charge in [-0.1, -0.05) is 48.5 Å². The first kappa shape index (κ1) is 26.5. The molecule has 0 bridgehead atoms. The number of rotatable bonds is 6. The minimum absolute atomic E-state index is 0.0345. The monoisotopic (exact) mass is 423 g/mol. The highest BCUT2D eigenvalue weighted by Crippen LogP contribution is 2.35. The molecule has 3 nitrogen and oxygen atoms in total. The lowest BCUT2D eigenvalue weighted by Gasteiger charge is -2.20. The van der Waals surface area contributed by atoms with E-state index in [1.54, 1.807) is 51.1 Å². The number of Topliss-reactive ketones (excluding diaryl/α,β-unsaturated/α-hetero) is 2. The molecule has 0 saturated heterocycles. The average molecular weight is 424 g/mol. The smallest absolute Gasteiger partial charge is 0.273 e. The maximum atomic E-state index is 13.8. The van der Waals surface area contributed by atoms with E-state index < -0.39 is 5.92 Å². The van der Waals surface area contributed by atoms with Crippen LogP contribution in [0.2, 0.25) is 0 Å². The van der Waals surface area contributed by atoms with Crippen molar-refractivity contribution in [1.29, 1.82) is 0 Å². The standard InChI is InChI=1S/C15H16ClF2N.C8H12O2/c1-10(16)9-13(19)14(15(3,17)18)11(2)12-7-5-4-6-8-12;1-5(7(3)9)6(2)8(4)10/h4-9H,2,19H2,1,3H3;1-4H3/b10-9+,14-13-;6-5-. The quantitative estimate of drug-likeness (QED) is 0.437. The van der Waals surface area contributed by atoms with Gasteiger partial charge in [0.15, 0.2) is 11.6 Å². The lowest BCUT2D eigenvalue weighted by Crippen LogP contribution is -2.20. The number of allylic oxidation sites excluding steroid dienone is 6. The molecular formula is C23H28ClF2NO2. The van der Waals surface area contributed by atoms with Crippen LogP contribution in [-0.4, -0.2) is 17.5 Å². The highest BCUT2D eigenvalue weighted by molar-refractivity contribution is 6.29. The van der Waals surface area contributed by atoms with Gasteiger partial charge in [0.25, 0.3) is 5.92 Å². The molecule has 0 fully saturated rings. The van der Waals surface area contributed by atoms with Crippen molar-refractivity contribution in [3.8, 4) is 0 Å². The van der Waals surface area contributed by atoms with Crippen LogP contribution in [0.1, 0.15) is 47.1 Å². The van der Waals surface area contributed by atoms with E-state index in [4.69, 9.17) is 17.3 Å². The zero-order valence-electron chi connectivity index (χ0n) is 17.7. The van der Waals surface area contributed by atoms with Gasteiger partial charge in [-0.3, -0.25) is 9.59 Å². The molecule has 1 aromatic rings. The maximum Gasteiger partial charge on any atom is 0.273 e. The van der Waals surface area contributed by atoms with Crippen molar-refractivity contribution < 1.29 is 18.4 Å². The Morgan fingerprint density at radius 2 is 1.41 bits per heavy atom. The molecule has 0 radical (unpaired) electrons. The van der Waals surface area contributed by atoms with Crippen molar-refractivity contribution in [3.63, 3.8) is 0 Å². The van der Waals surface area contributed by atoms with Crippen LogP contribution in [0, 0.1) is 0 Å². The normalized spacial score (nSPS) is 13.5. The summed E-state index contributed by atoms with van der Waals surface area (Å²) in [6.07, 6.45) is 1.31. The fraction of sp³-hybridized carbons (Fsp3) is 0.304. The summed E-state index contributed by atoms with van der Waals surface area (Å²) in [5, 5.41) is 0.333. The van der Waals surface area contributed by atoms with Crippen LogP contribution in [0.4, 0.5) is 8.78 Å². The second-order valence-electron chi connectivity index (χ2n) is 6.66. The van der Waals surface area contributed by atoms with Gasteiger partial charge in [-0.15, -0.1) is 0 Å². The zero-order chi connectivity index (χ0) is 22.9. The van der Waals surface area contributed by atoms with Crippen LogP contribution in [-0.2, 0) is 9.59 Å². The largest absolute Gasteiger partial charge is 0.398 e. The lowest BCUT2D eigenvalue weighted by atomic mass is 9.93. The summed E-state index contributed by atoms with van der Waals surface area (Å²) in [6.45, 7) is 12.3. The average Bonchev–Trinajstić information content (AvgIpc) is 2.59. The van der Waals surface area contributed by atoms with Gasteiger partial charge in [-0.05, 0) is 63.0 Å². The Bertz CT molecular complexity index is 835. The first-order chi connectivity index (χ1) is 13.2. The maximum absolute atomic E-state index is 13.8. The number of carbonyl (C=O) groups excluding carboxylic acids is 2. The van der Waals surface area contributed by atoms with E-state index in [1.165, 1.54) is 19.9 Å². The summed E-state index contributed by atoms with van der Waals surface area (Å²) >= 11 is 5.69. The minimum atomic E-state index is -3.10. The van der Waals surface area contributed by atoms with Gasteiger partial charge in [-0.25, -0.2) is 8.78 Å². The Morgan fingerprint density at radius 1 is 1.00 bits per heavy atom. The number of hydrogen-bond acceptors (Lipinski definition) is 3.